The lowest BCUT2D eigenvalue weighted by molar-refractivity contribution is -0.124. The highest BCUT2D eigenvalue weighted by Crippen LogP contribution is 2.32. The lowest BCUT2D eigenvalue weighted by Crippen LogP contribution is -2.20. The maximum atomic E-state index is 15.1. The van der Waals surface area contributed by atoms with Gasteiger partial charge in [0, 0.05) is 32.3 Å². The first kappa shape index (κ1) is 17.2. The Kier molecular flexibility index (Phi) is 4.43. The van der Waals surface area contributed by atoms with E-state index in [1.54, 1.807) is 19.1 Å². The van der Waals surface area contributed by atoms with Crippen LogP contribution in [-0.4, -0.2) is 25.4 Å². The molecule has 1 unspecified atom stereocenters. The molecule has 31 heavy (non-hydrogen) atoms. The van der Waals surface area contributed by atoms with Gasteiger partial charge in [-0.15, -0.1) is 0 Å². The van der Waals surface area contributed by atoms with Crippen molar-refractivity contribution in [2.45, 2.75) is 19.9 Å². The molecule has 9 heteroatoms. The molecule has 1 atom stereocenters. The SMILES string of the molecule is [2H]C([2H])([2H])c1nc(-c2ccc(NC(=O)C(O)c3cccc(Cl)c3)cc2F)c2c(N)ncc(C)n12. The number of hydrogen-bond acceptors (Lipinski definition) is 5. The standard InChI is InChI=1S/C22H19ClFN5O2/c1-11-10-26-21(25)19-18(27-12(2)29(11)19)16-7-6-15(9-17(16)24)28-22(31)20(30)13-4-3-5-14(23)8-13/h3-10,20,30H,1-2H3,(H2,25,26)(H,28,31)/i2D3. The number of fused-ring (bicyclic) bond motifs is 1. The number of halogens is 2. The molecule has 0 aliphatic carbocycles. The van der Waals surface area contributed by atoms with Crippen LogP contribution in [-0.2, 0) is 4.79 Å². The number of nitrogens with zero attached hydrogens (tertiary/aromatic N) is 3. The van der Waals surface area contributed by atoms with E-state index in [1.165, 1.54) is 34.9 Å². The van der Waals surface area contributed by atoms with Crippen LogP contribution in [0.1, 0.15) is 27.3 Å². The number of anilines is 2. The average Bonchev–Trinajstić information content (AvgIpc) is 3.18. The molecule has 0 radical (unpaired) electrons. The van der Waals surface area contributed by atoms with E-state index in [0.717, 1.165) is 6.07 Å². The van der Waals surface area contributed by atoms with E-state index in [0.29, 0.717) is 10.7 Å². The quantitative estimate of drug-likeness (QED) is 0.442. The zero-order valence-electron chi connectivity index (χ0n) is 19.2. The second-order valence-corrected chi connectivity index (χ2v) is 7.33. The van der Waals surface area contributed by atoms with Crippen LogP contribution in [0, 0.1) is 19.6 Å². The highest BCUT2D eigenvalue weighted by Gasteiger charge is 2.21. The van der Waals surface area contributed by atoms with Gasteiger partial charge in [-0.1, -0.05) is 23.7 Å². The third-order valence-corrected chi connectivity index (χ3v) is 5.00. The van der Waals surface area contributed by atoms with Gasteiger partial charge in [-0.05, 0) is 49.7 Å². The first-order valence-corrected chi connectivity index (χ1v) is 9.53. The molecule has 0 aliphatic rings. The Morgan fingerprint density at radius 1 is 1.35 bits per heavy atom. The van der Waals surface area contributed by atoms with Crippen molar-refractivity contribution in [3.05, 3.63) is 76.6 Å². The molecule has 0 bridgehead atoms. The van der Waals surface area contributed by atoms with Gasteiger partial charge in [-0.25, -0.2) is 14.4 Å². The zero-order chi connectivity index (χ0) is 24.8. The number of imidazole rings is 1. The summed E-state index contributed by atoms with van der Waals surface area (Å²) in [6.45, 7) is -0.944. The van der Waals surface area contributed by atoms with Crippen molar-refractivity contribution in [3.63, 3.8) is 0 Å². The second kappa shape index (κ2) is 7.98. The maximum Gasteiger partial charge on any atom is 0.257 e. The summed E-state index contributed by atoms with van der Waals surface area (Å²) >= 11 is 5.89. The maximum absolute atomic E-state index is 15.1. The van der Waals surface area contributed by atoms with Crippen molar-refractivity contribution in [2.75, 3.05) is 11.1 Å². The van der Waals surface area contributed by atoms with Crippen LogP contribution >= 0.6 is 11.6 Å². The minimum Gasteiger partial charge on any atom is -0.382 e. The highest BCUT2D eigenvalue weighted by atomic mass is 35.5. The Balaban J connectivity index is 1.71. The number of nitrogen functional groups attached to an aromatic ring is 1. The van der Waals surface area contributed by atoms with Crippen LogP contribution in [0.25, 0.3) is 16.8 Å². The van der Waals surface area contributed by atoms with Gasteiger partial charge in [0.15, 0.2) is 6.10 Å². The summed E-state index contributed by atoms with van der Waals surface area (Å²) in [4.78, 5) is 20.7. The Labute approximate surface area is 186 Å². The number of carbonyl (C=O) groups excluding carboxylic acids is 1. The first-order chi connectivity index (χ1) is 16.0. The topological polar surface area (TPSA) is 106 Å². The molecule has 4 aromatic rings. The van der Waals surface area contributed by atoms with Crippen molar-refractivity contribution in [2.24, 2.45) is 0 Å². The molecule has 4 rings (SSSR count). The number of aliphatic hydroxyl groups excluding tert-OH is 1. The monoisotopic (exact) mass is 442 g/mol. The number of rotatable bonds is 4. The summed E-state index contributed by atoms with van der Waals surface area (Å²) in [7, 11) is 0. The molecule has 0 spiro atoms. The lowest BCUT2D eigenvalue weighted by atomic mass is 10.1. The van der Waals surface area contributed by atoms with Gasteiger partial charge in [-0.3, -0.25) is 9.20 Å². The van der Waals surface area contributed by atoms with Crippen LogP contribution in [0.2, 0.25) is 5.02 Å². The molecular weight excluding hydrogens is 421 g/mol. The molecule has 2 heterocycles. The van der Waals surface area contributed by atoms with Gasteiger partial charge in [0.2, 0.25) is 0 Å². The molecular formula is C22H19ClFN5O2. The molecule has 7 nitrogen and oxygen atoms in total. The molecule has 0 saturated heterocycles. The van der Waals surface area contributed by atoms with Crippen molar-refractivity contribution in [1.29, 1.82) is 0 Å². The Morgan fingerprint density at radius 3 is 2.87 bits per heavy atom. The third-order valence-electron chi connectivity index (χ3n) is 4.77. The summed E-state index contributed by atoms with van der Waals surface area (Å²) in [5, 5.41) is 13.1. The van der Waals surface area contributed by atoms with E-state index in [4.69, 9.17) is 21.4 Å². The molecule has 158 valence electrons. The Bertz CT molecular complexity index is 1420. The minimum atomic E-state index is -2.58. The molecule has 2 aromatic carbocycles. The average molecular weight is 443 g/mol. The number of hydrogen-bond donors (Lipinski definition) is 3. The largest absolute Gasteiger partial charge is 0.382 e. The number of aryl methyl sites for hydroxylation is 2. The second-order valence-electron chi connectivity index (χ2n) is 6.89. The summed E-state index contributed by atoms with van der Waals surface area (Å²) in [6.07, 6.45) is -0.113. The highest BCUT2D eigenvalue weighted by molar-refractivity contribution is 6.30. The van der Waals surface area contributed by atoms with Crippen molar-refractivity contribution in [1.82, 2.24) is 14.4 Å². The van der Waals surface area contributed by atoms with E-state index in [1.807, 2.05) is 0 Å². The van der Waals surface area contributed by atoms with Crippen molar-refractivity contribution < 1.29 is 18.4 Å². The number of carbonyl (C=O) groups is 1. The number of benzene rings is 2. The van der Waals surface area contributed by atoms with Crippen LogP contribution in [0.3, 0.4) is 0 Å². The predicted octanol–water partition coefficient (Wildman–Crippen LogP) is 4.06. The van der Waals surface area contributed by atoms with E-state index < -0.39 is 24.7 Å². The lowest BCUT2D eigenvalue weighted by Gasteiger charge is -2.13. The molecule has 0 fully saturated rings. The summed E-state index contributed by atoms with van der Waals surface area (Å²) in [6, 6.07) is 9.95. The summed E-state index contributed by atoms with van der Waals surface area (Å²) < 4.78 is 39.9. The van der Waals surface area contributed by atoms with E-state index in [-0.39, 0.29) is 39.7 Å². The van der Waals surface area contributed by atoms with Gasteiger partial charge in [-0.2, -0.15) is 0 Å². The number of nitrogens with two attached hydrogens (primary N) is 1. The van der Waals surface area contributed by atoms with Gasteiger partial charge in [0.05, 0.1) is 0 Å². The fourth-order valence-electron chi connectivity index (χ4n) is 3.29. The van der Waals surface area contributed by atoms with Crippen molar-refractivity contribution in [3.8, 4) is 11.3 Å². The molecule has 0 aliphatic heterocycles. The number of aromatic nitrogens is 3. The number of aliphatic hydroxyl groups is 1. The van der Waals surface area contributed by atoms with Crippen LogP contribution in [0.4, 0.5) is 15.9 Å². The summed E-state index contributed by atoms with van der Waals surface area (Å²) in [5.41, 5.74) is 6.96. The van der Waals surface area contributed by atoms with Gasteiger partial charge in [0.1, 0.15) is 28.7 Å². The Hall–Kier alpha value is -3.49. The van der Waals surface area contributed by atoms with E-state index in [2.05, 4.69) is 15.3 Å². The fourth-order valence-corrected chi connectivity index (χ4v) is 3.49. The van der Waals surface area contributed by atoms with E-state index in [9.17, 15) is 9.90 Å². The zero-order valence-corrected chi connectivity index (χ0v) is 17.0. The molecule has 0 saturated carbocycles. The first-order valence-electron chi connectivity index (χ1n) is 10.7. The predicted molar refractivity (Wildman–Crippen MR) is 117 cm³/mol. The normalized spacial score (nSPS) is 14.0. The van der Waals surface area contributed by atoms with Crippen molar-refractivity contribution >= 4 is 34.5 Å². The van der Waals surface area contributed by atoms with Gasteiger partial charge in [0.25, 0.3) is 5.91 Å². The Morgan fingerprint density at radius 2 is 2.16 bits per heavy atom. The molecule has 1 amide bonds. The summed E-state index contributed by atoms with van der Waals surface area (Å²) in [5.74, 6) is -1.85. The van der Waals surface area contributed by atoms with Crippen LogP contribution < -0.4 is 11.1 Å². The fraction of sp³-hybridized carbons (Fsp3) is 0.136. The number of amides is 1. The van der Waals surface area contributed by atoms with Crippen LogP contribution in [0.15, 0.2) is 48.7 Å². The smallest absolute Gasteiger partial charge is 0.257 e. The number of nitrogens with one attached hydrogen (secondary N) is 1. The molecule has 4 N–H and O–H groups in total. The van der Waals surface area contributed by atoms with Gasteiger partial charge < -0.3 is 16.2 Å². The van der Waals surface area contributed by atoms with Crippen LogP contribution in [0.5, 0.6) is 0 Å². The third kappa shape index (κ3) is 3.83. The van der Waals surface area contributed by atoms with E-state index >= 15 is 4.39 Å². The van der Waals surface area contributed by atoms with Gasteiger partial charge >= 0.3 is 0 Å². The minimum absolute atomic E-state index is 0.00848. The molecule has 2 aromatic heterocycles.